The first-order valence-electron chi connectivity index (χ1n) is 5.72. The highest BCUT2D eigenvalue weighted by molar-refractivity contribution is 6.16. The van der Waals surface area contributed by atoms with Crippen LogP contribution < -0.4 is 16.6 Å². The quantitative estimate of drug-likeness (QED) is 0.822. The molecule has 0 fully saturated rings. The molecule has 96 valence electrons. The van der Waals surface area contributed by atoms with Gasteiger partial charge in [0.05, 0.1) is 5.52 Å². The predicted octanol–water partition coefficient (Wildman–Crippen LogP) is 1.59. The first kappa shape index (κ1) is 12.6. The molecule has 2 aromatic heterocycles. The Morgan fingerprint density at radius 2 is 2.28 bits per heavy atom. The molecule has 0 aliphatic heterocycles. The summed E-state index contributed by atoms with van der Waals surface area (Å²) < 4.78 is 0.979. The first-order chi connectivity index (χ1) is 8.63. The van der Waals surface area contributed by atoms with Crippen LogP contribution in [0.2, 0.25) is 0 Å². The molecule has 2 heterocycles. The number of pyridine rings is 1. The van der Waals surface area contributed by atoms with Crippen molar-refractivity contribution < 1.29 is 0 Å². The Labute approximate surface area is 109 Å². The van der Waals surface area contributed by atoms with E-state index < -0.39 is 0 Å². The summed E-state index contributed by atoms with van der Waals surface area (Å²) in [6, 6.07) is 1.63. The summed E-state index contributed by atoms with van der Waals surface area (Å²) in [5, 5.41) is 3.45. The van der Waals surface area contributed by atoms with Crippen molar-refractivity contribution in [3.63, 3.8) is 0 Å². The lowest BCUT2D eigenvalue weighted by Crippen LogP contribution is -2.17. The Kier molecular flexibility index (Phi) is 3.66. The van der Waals surface area contributed by atoms with E-state index in [4.69, 9.17) is 17.5 Å². The number of nitrogens with two attached hydrogens (primary N) is 1. The summed E-state index contributed by atoms with van der Waals surface area (Å²) in [6.45, 7) is 2.80. The zero-order valence-corrected chi connectivity index (χ0v) is 10.7. The number of nitrogen functional groups attached to an aromatic ring is 1. The molecule has 18 heavy (non-hydrogen) atoms. The summed E-state index contributed by atoms with van der Waals surface area (Å²) in [6.07, 6.45) is 3.47. The van der Waals surface area contributed by atoms with Gasteiger partial charge in [-0.15, -0.1) is 0 Å². The zero-order chi connectivity index (χ0) is 13.1. The molecule has 0 amide bonds. The lowest BCUT2D eigenvalue weighted by Gasteiger charge is -2.08. The zero-order valence-electron chi connectivity index (χ0n) is 9.98. The number of unbranched alkanes of at least 4 members (excludes halogenated alkanes) is 1. The molecule has 0 saturated heterocycles. The van der Waals surface area contributed by atoms with E-state index in [2.05, 4.69) is 22.2 Å². The van der Waals surface area contributed by atoms with E-state index in [1.165, 1.54) is 6.20 Å². The second kappa shape index (κ2) is 5.22. The number of fused-ring (bicyclic) bond motifs is 1. The molecule has 0 bridgehead atoms. The number of hydrogen-bond donors (Lipinski definition) is 2. The van der Waals surface area contributed by atoms with E-state index in [0.29, 0.717) is 16.7 Å². The van der Waals surface area contributed by atoms with Crippen molar-refractivity contribution >= 4 is 34.4 Å². The van der Waals surface area contributed by atoms with Crippen LogP contribution in [0, 0.1) is 0 Å². The molecule has 2 aromatic rings. The van der Waals surface area contributed by atoms with Crippen LogP contribution in [-0.4, -0.2) is 20.6 Å². The van der Waals surface area contributed by atoms with Gasteiger partial charge in [-0.05, 0) is 12.5 Å². The van der Waals surface area contributed by atoms with Crippen molar-refractivity contribution in [2.75, 3.05) is 17.6 Å². The highest BCUT2D eigenvalue weighted by atomic mass is 35.5. The van der Waals surface area contributed by atoms with Gasteiger partial charge in [-0.25, -0.2) is 9.07 Å². The van der Waals surface area contributed by atoms with Crippen LogP contribution >= 0.6 is 11.8 Å². The number of rotatable bonds is 4. The van der Waals surface area contributed by atoms with Crippen molar-refractivity contribution in [2.45, 2.75) is 19.8 Å². The fourth-order valence-electron chi connectivity index (χ4n) is 1.65. The van der Waals surface area contributed by atoms with E-state index >= 15 is 0 Å². The minimum atomic E-state index is -0.354. The van der Waals surface area contributed by atoms with Gasteiger partial charge in [0.2, 0.25) is 5.95 Å². The molecule has 2 rings (SSSR count). The monoisotopic (exact) mass is 267 g/mol. The molecule has 0 aliphatic rings. The van der Waals surface area contributed by atoms with Crippen LogP contribution in [0.15, 0.2) is 17.1 Å². The van der Waals surface area contributed by atoms with Gasteiger partial charge in [-0.1, -0.05) is 13.3 Å². The van der Waals surface area contributed by atoms with Crippen molar-refractivity contribution in [2.24, 2.45) is 0 Å². The van der Waals surface area contributed by atoms with E-state index in [9.17, 15) is 4.79 Å². The summed E-state index contributed by atoms with van der Waals surface area (Å²) in [7, 11) is 0. The molecule has 0 saturated carbocycles. The van der Waals surface area contributed by atoms with Crippen LogP contribution in [0.1, 0.15) is 19.8 Å². The van der Waals surface area contributed by atoms with Gasteiger partial charge >= 0.3 is 0 Å². The van der Waals surface area contributed by atoms with Gasteiger partial charge < -0.3 is 11.1 Å². The van der Waals surface area contributed by atoms with Crippen molar-refractivity contribution in [1.82, 2.24) is 14.1 Å². The average Bonchev–Trinajstić information content (AvgIpc) is 2.34. The number of aromatic nitrogens is 3. The van der Waals surface area contributed by atoms with E-state index in [0.717, 1.165) is 23.5 Å². The van der Waals surface area contributed by atoms with E-state index in [-0.39, 0.29) is 11.5 Å². The van der Waals surface area contributed by atoms with Crippen LogP contribution in [-0.2, 0) is 0 Å². The van der Waals surface area contributed by atoms with Crippen molar-refractivity contribution in [3.8, 4) is 0 Å². The largest absolute Gasteiger partial charge is 0.369 e. The third kappa shape index (κ3) is 2.38. The number of nitrogens with one attached hydrogen (secondary N) is 1. The molecule has 7 heteroatoms. The van der Waals surface area contributed by atoms with Crippen molar-refractivity contribution in [3.05, 3.63) is 22.6 Å². The maximum atomic E-state index is 12.0. The topological polar surface area (TPSA) is 85.8 Å². The minimum absolute atomic E-state index is 0.133. The highest BCUT2D eigenvalue weighted by Gasteiger charge is 2.11. The van der Waals surface area contributed by atoms with Crippen LogP contribution in [0.5, 0.6) is 0 Å². The van der Waals surface area contributed by atoms with E-state index in [1.54, 1.807) is 6.07 Å². The third-order valence-corrected chi connectivity index (χ3v) is 2.81. The Bertz CT molecular complexity index is 625. The highest BCUT2D eigenvalue weighted by Crippen LogP contribution is 2.17. The predicted molar refractivity (Wildman–Crippen MR) is 72.9 cm³/mol. The van der Waals surface area contributed by atoms with Gasteiger partial charge in [0.25, 0.3) is 5.56 Å². The lowest BCUT2D eigenvalue weighted by molar-refractivity contribution is 0.831. The van der Waals surface area contributed by atoms with E-state index in [1.807, 2.05) is 0 Å². The lowest BCUT2D eigenvalue weighted by atomic mass is 10.3. The standard InChI is InChI=1S/C11H14ClN5O/c1-2-3-5-14-9-8-7(15-11(13)16-9)4-6-17(12)10(8)18/h4,6H,2-3,5H2,1H3,(H3,13,14,15,16). The molecule has 0 atom stereocenters. The maximum Gasteiger partial charge on any atom is 0.278 e. The summed E-state index contributed by atoms with van der Waals surface area (Å²) in [5.74, 6) is 0.569. The summed E-state index contributed by atoms with van der Waals surface area (Å²) >= 11 is 5.75. The molecule has 0 radical (unpaired) electrons. The van der Waals surface area contributed by atoms with Crippen molar-refractivity contribution in [1.29, 1.82) is 0 Å². The van der Waals surface area contributed by atoms with Gasteiger partial charge in [-0.2, -0.15) is 4.98 Å². The SMILES string of the molecule is CCCCNc1nc(N)nc2ccn(Cl)c(=O)c12. The van der Waals surface area contributed by atoms with Crippen LogP contribution in [0.3, 0.4) is 0 Å². The normalized spacial score (nSPS) is 10.8. The molecule has 3 N–H and O–H groups in total. The van der Waals surface area contributed by atoms with Gasteiger partial charge in [-0.3, -0.25) is 4.79 Å². The average molecular weight is 268 g/mol. The Morgan fingerprint density at radius 3 is 3.00 bits per heavy atom. The molecule has 0 aromatic carbocycles. The Morgan fingerprint density at radius 1 is 1.50 bits per heavy atom. The second-order valence-electron chi connectivity index (χ2n) is 3.90. The maximum absolute atomic E-state index is 12.0. The molecular formula is C11H14ClN5O. The number of anilines is 2. The Balaban J connectivity index is 2.55. The first-order valence-corrected chi connectivity index (χ1v) is 6.06. The number of hydrogen-bond acceptors (Lipinski definition) is 5. The number of halogens is 1. The Hall–Kier alpha value is -1.82. The van der Waals surface area contributed by atoms with Gasteiger partial charge in [0.15, 0.2) is 0 Å². The third-order valence-electron chi connectivity index (χ3n) is 2.55. The fourth-order valence-corrected chi connectivity index (χ4v) is 1.79. The fraction of sp³-hybridized carbons (Fsp3) is 0.364. The summed E-state index contributed by atoms with van der Waals surface area (Å²) in [5.41, 5.74) is 5.75. The molecular weight excluding hydrogens is 254 g/mol. The molecule has 0 aliphatic carbocycles. The van der Waals surface area contributed by atoms with Crippen LogP contribution in [0.4, 0.5) is 11.8 Å². The smallest absolute Gasteiger partial charge is 0.278 e. The van der Waals surface area contributed by atoms with Gasteiger partial charge in [0, 0.05) is 24.5 Å². The number of nitrogens with zero attached hydrogens (tertiary/aromatic N) is 3. The second-order valence-corrected chi connectivity index (χ2v) is 4.27. The minimum Gasteiger partial charge on any atom is -0.369 e. The molecule has 0 spiro atoms. The molecule has 6 nitrogen and oxygen atoms in total. The van der Waals surface area contributed by atoms with Crippen LogP contribution in [0.25, 0.3) is 10.9 Å². The van der Waals surface area contributed by atoms with Gasteiger partial charge in [0.1, 0.15) is 11.2 Å². The summed E-state index contributed by atoms with van der Waals surface area (Å²) in [4.78, 5) is 20.0. The molecule has 0 unspecified atom stereocenters.